The van der Waals surface area contributed by atoms with Crippen LogP contribution in [-0.4, -0.2) is 19.2 Å². The second kappa shape index (κ2) is 6.98. The Morgan fingerprint density at radius 1 is 1.00 bits per heavy atom. The highest BCUT2D eigenvalue weighted by Crippen LogP contribution is 2.29. The van der Waals surface area contributed by atoms with Gasteiger partial charge in [-0.3, -0.25) is 0 Å². The maximum Gasteiger partial charge on any atom is 0.343 e. The van der Waals surface area contributed by atoms with Gasteiger partial charge >= 0.3 is 5.97 Å². The van der Waals surface area contributed by atoms with Crippen molar-refractivity contribution in [2.24, 2.45) is 0 Å². The summed E-state index contributed by atoms with van der Waals surface area (Å²) in [5, 5.41) is 0. The summed E-state index contributed by atoms with van der Waals surface area (Å²) in [5.74, 6) is 1.19. The first-order valence-electron chi connectivity index (χ1n) is 7.13. The maximum absolute atomic E-state index is 12.2. The molecule has 0 heterocycles. The number of ether oxygens (including phenoxy) is 3. The molecule has 0 N–H and O–H groups in total. The molecule has 2 rings (SSSR count). The number of hydrogen-bond acceptors (Lipinski definition) is 4. The Morgan fingerprint density at radius 3 is 2.27 bits per heavy atom. The normalized spacial score (nSPS) is 10.4. The van der Waals surface area contributed by atoms with Crippen molar-refractivity contribution in [1.82, 2.24) is 0 Å². The van der Waals surface area contributed by atoms with E-state index in [1.165, 1.54) is 7.11 Å². The van der Waals surface area contributed by atoms with E-state index in [-0.39, 0.29) is 6.10 Å². The Balaban J connectivity index is 2.17. The first-order chi connectivity index (χ1) is 10.5. The van der Waals surface area contributed by atoms with Crippen LogP contribution in [0.1, 0.15) is 29.8 Å². The molecule has 0 fully saturated rings. The third-order valence-electron chi connectivity index (χ3n) is 2.99. The summed E-state index contributed by atoms with van der Waals surface area (Å²) >= 11 is 0. The minimum atomic E-state index is -0.432. The molecular weight excluding hydrogens is 280 g/mol. The van der Waals surface area contributed by atoms with Crippen molar-refractivity contribution in [2.75, 3.05) is 7.11 Å². The van der Waals surface area contributed by atoms with Crippen molar-refractivity contribution in [3.63, 3.8) is 0 Å². The predicted molar refractivity (Wildman–Crippen MR) is 84.9 cm³/mol. The van der Waals surface area contributed by atoms with Crippen LogP contribution >= 0.6 is 0 Å². The molecule has 4 heteroatoms. The highest BCUT2D eigenvalue weighted by molar-refractivity contribution is 5.91. The van der Waals surface area contributed by atoms with Gasteiger partial charge in [0.1, 0.15) is 5.75 Å². The number of rotatable bonds is 5. The molecule has 0 amide bonds. The summed E-state index contributed by atoms with van der Waals surface area (Å²) in [6, 6.07) is 12.3. The zero-order valence-electron chi connectivity index (χ0n) is 13.3. The Hall–Kier alpha value is -2.49. The third-order valence-corrected chi connectivity index (χ3v) is 2.99. The molecule has 2 aromatic carbocycles. The molecule has 0 spiro atoms. The van der Waals surface area contributed by atoms with Crippen molar-refractivity contribution >= 4 is 5.97 Å². The Labute approximate surface area is 130 Å². The minimum Gasteiger partial charge on any atom is -0.493 e. The second-order valence-corrected chi connectivity index (χ2v) is 5.23. The number of hydrogen-bond donors (Lipinski definition) is 0. The Morgan fingerprint density at radius 2 is 1.68 bits per heavy atom. The van der Waals surface area contributed by atoms with E-state index in [9.17, 15) is 4.79 Å². The SMILES string of the molecule is COc1cc(C(=O)Oc2ccc(C)cc2)ccc1OC(C)C. The molecule has 22 heavy (non-hydrogen) atoms. The second-order valence-electron chi connectivity index (χ2n) is 5.23. The third kappa shape index (κ3) is 4.01. The maximum atomic E-state index is 12.2. The lowest BCUT2D eigenvalue weighted by atomic mass is 10.2. The van der Waals surface area contributed by atoms with Crippen molar-refractivity contribution < 1.29 is 19.0 Å². The summed E-state index contributed by atoms with van der Waals surface area (Å²) in [4.78, 5) is 12.2. The van der Waals surface area contributed by atoms with Crippen LogP contribution in [0.4, 0.5) is 0 Å². The molecule has 0 aliphatic rings. The van der Waals surface area contributed by atoms with Crippen LogP contribution in [0.2, 0.25) is 0 Å². The number of carbonyl (C=O) groups is 1. The highest BCUT2D eigenvalue weighted by atomic mass is 16.5. The summed E-state index contributed by atoms with van der Waals surface area (Å²) in [5.41, 5.74) is 1.52. The average Bonchev–Trinajstić information content (AvgIpc) is 2.49. The first kappa shape index (κ1) is 15.9. The topological polar surface area (TPSA) is 44.8 Å². The molecule has 0 bridgehead atoms. The van der Waals surface area contributed by atoms with E-state index in [0.29, 0.717) is 22.8 Å². The van der Waals surface area contributed by atoms with Gasteiger partial charge in [-0.1, -0.05) is 17.7 Å². The van der Waals surface area contributed by atoms with Gasteiger partial charge in [-0.15, -0.1) is 0 Å². The number of benzene rings is 2. The monoisotopic (exact) mass is 300 g/mol. The van der Waals surface area contributed by atoms with Crippen molar-refractivity contribution in [3.05, 3.63) is 53.6 Å². The fourth-order valence-electron chi connectivity index (χ4n) is 1.92. The molecule has 116 valence electrons. The average molecular weight is 300 g/mol. The molecule has 4 nitrogen and oxygen atoms in total. The van der Waals surface area contributed by atoms with E-state index in [1.807, 2.05) is 32.9 Å². The smallest absolute Gasteiger partial charge is 0.343 e. The van der Waals surface area contributed by atoms with Crippen LogP contribution in [0.3, 0.4) is 0 Å². The van der Waals surface area contributed by atoms with Gasteiger partial charge in [-0.2, -0.15) is 0 Å². The van der Waals surface area contributed by atoms with Crippen LogP contribution in [0.15, 0.2) is 42.5 Å². The molecule has 0 saturated heterocycles. The first-order valence-corrected chi connectivity index (χ1v) is 7.13. The lowest BCUT2D eigenvalue weighted by Gasteiger charge is -2.14. The summed E-state index contributed by atoms with van der Waals surface area (Å²) in [6.07, 6.45) is 0.0271. The molecule has 0 unspecified atom stereocenters. The lowest BCUT2D eigenvalue weighted by Crippen LogP contribution is -2.10. The quantitative estimate of drug-likeness (QED) is 0.618. The molecule has 0 saturated carbocycles. The highest BCUT2D eigenvalue weighted by Gasteiger charge is 2.14. The zero-order chi connectivity index (χ0) is 16.1. The number of carbonyl (C=O) groups excluding carboxylic acids is 1. The predicted octanol–water partition coefficient (Wildman–Crippen LogP) is 4.01. The van der Waals surface area contributed by atoms with Crippen LogP contribution < -0.4 is 14.2 Å². The van der Waals surface area contributed by atoms with Gasteiger partial charge < -0.3 is 14.2 Å². The summed E-state index contributed by atoms with van der Waals surface area (Å²) in [7, 11) is 1.54. The van der Waals surface area contributed by atoms with Crippen LogP contribution in [0.5, 0.6) is 17.2 Å². The van der Waals surface area contributed by atoms with Gasteiger partial charge in [0, 0.05) is 0 Å². The molecule has 0 atom stereocenters. The van der Waals surface area contributed by atoms with E-state index < -0.39 is 5.97 Å². The molecule has 0 radical (unpaired) electrons. The Kier molecular flexibility index (Phi) is 5.04. The van der Waals surface area contributed by atoms with E-state index in [2.05, 4.69) is 0 Å². The van der Waals surface area contributed by atoms with E-state index in [4.69, 9.17) is 14.2 Å². The van der Waals surface area contributed by atoms with Gasteiger partial charge in [-0.25, -0.2) is 4.79 Å². The van der Waals surface area contributed by atoms with Gasteiger partial charge in [-0.05, 0) is 51.1 Å². The molecule has 0 aliphatic carbocycles. The summed E-state index contributed by atoms with van der Waals surface area (Å²) in [6.45, 7) is 5.84. The van der Waals surface area contributed by atoms with Crippen LogP contribution in [0, 0.1) is 6.92 Å². The van der Waals surface area contributed by atoms with E-state index in [1.54, 1.807) is 30.3 Å². The molecule has 0 aliphatic heterocycles. The number of esters is 1. The van der Waals surface area contributed by atoms with Crippen molar-refractivity contribution in [1.29, 1.82) is 0 Å². The fraction of sp³-hybridized carbons (Fsp3) is 0.278. The van der Waals surface area contributed by atoms with E-state index >= 15 is 0 Å². The lowest BCUT2D eigenvalue weighted by molar-refractivity contribution is 0.0734. The van der Waals surface area contributed by atoms with Gasteiger partial charge in [0.15, 0.2) is 11.5 Å². The molecule has 2 aromatic rings. The fourth-order valence-corrected chi connectivity index (χ4v) is 1.92. The van der Waals surface area contributed by atoms with E-state index in [0.717, 1.165) is 5.56 Å². The largest absolute Gasteiger partial charge is 0.493 e. The van der Waals surface area contributed by atoms with Crippen molar-refractivity contribution in [3.8, 4) is 17.2 Å². The summed E-state index contributed by atoms with van der Waals surface area (Å²) < 4.78 is 16.2. The van der Waals surface area contributed by atoms with Crippen molar-refractivity contribution in [2.45, 2.75) is 26.9 Å². The van der Waals surface area contributed by atoms with Crippen LogP contribution in [-0.2, 0) is 0 Å². The molecule has 0 aromatic heterocycles. The zero-order valence-corrected chi connectivity index (χ0v) is 13.3. The van der Waals surface area contributed by atoms with Gasteiger partial charge in [0.05, 0.1) is 18.8 Å². The number of aryl methyl sites for hydroxylation is 1. The number of methoxy groups -OCH3 is 1. The Bertz CT molecular complexity index is 645. The van der Waals surface area contributed by atoms with Gasteiger partial charge in [0.2, 0.25) is 0 Å². The van der Waals surface area contributed by atoms with Gasteiger partial charge in [0.25, 0.3) is 0 Å². The van der Waals surface area contributed by atoms with Crippen LogP contribution in [0.25, 0.3) is 0 Å². The minimum absolute atomic E-state index is 0.0271. The standard InChI is InChI=1S/C18H20O4/c1-12(2)21-16-10-7-14(11-17(16)20-4)18(19)22-15-8-5-13(3)6-9-15/h5-12H,1-4H3. The molecular formula is C18H20O4.